The van der Waals surface area contributed by atoms with Crippen LogP contribution in [0.15, 0.2) is 0 Å². The monoisotopic (exact) mass is 191 g/mol. The van der Waals surface area contributed by atoms with Crippen molar-refractivity contribution in [2.45, 2.75) is 17.8 Å². The average Bonchev–Trinajstić information content (AvgIpc) is 2.33. The van der Waals surface area contributed by atoms with Gasteiger partial charge in [-0.3, -0.25) is 10.1 Å². The molecule has 1 saturated heterocycles. The van der Waals surface area contributed by atoms with Gasteiger partial charge in [0.15, 0.2) is 4.87 Å². The maximum absolute atomic E-state index is 10.6. The van der Waals surface area contributed by atoms with E-state index in [0.29, 0.717) is 0 Å². The number of nitrogens with one attached hydrogen (secondary N) is 1. The molecule has 0 radical (unpaired) electrons. The fraction of sp³-hybridized carbons (Fsp3) is 0.667. The Kier molecular flexibility index (Phi) is 2.29. The van der Waals surface area contributed by atoms with Crippen LogP contribution < -0.4 is 5.32 Å². The molecule has 1 fully saturated rings. The van der Waals surface area contributed by atoms with E-state index in [4.69, 9.17) is 10.2 Å². The number of carboxylic acids is 2. The van der Waals surface area contributed by atoms with Crippen molar-refractivity contribution in [3.05, 3.63) is 0 Å². The van der Waals surface area contributed by atoms with Crippen molar-refractivity contribution < 1.29 is 19.8 Å². The summed E-state index contributed by atoms with van der Waals surface area (Å²) in [5.74, 6) is -1.75. The van der Waals surface area contributed by atoms with E-state index < -0.39 is 22.9 Å². The minimum absolute atomic E-state index is 0.290. The van der Waals surface area contributed by atoms with E-state index in [1.165, 1.54) is 6.92 Å². The molecule has 0 aromatic heterocycles. The van der Waals surface area contributed by atoms with Gasteiger partial charge in [0.2, 0.25) is 0 Å². The lowest BCUT2D eigenvalue weighted by molar-refractivity contribution is -0.142. The van der Waals surface area contributed by atoms with Crippen LogP contribution in [0.25, 0.3) is 0 Å². The molecule has 2 atom stereocenters. The lowest BCUT2D eigenvalue weighted by Crippen LogP contribution is -2.48. The van der Waals surface area contributed by atoms with Crippen LogP contribution in [0.3, 0.4) is 0 Å². The summed E-state index contributed by atoms with van der Waals surface area (Å²) in [5.41, 5.74) is 0. The molecular weight excluding hydrogens is 182 g/mol. The number of aliphatic carboxylic acids is 2. The Hall–Kier alpha value is -0.750. The van der Waals surface area contributed by atoms with Crippen molar-refractivity contribution >= 4 is 23.7 Å². The Bertz CT molecular complexity index is 232. The Morgan fingerprint density at radius 2 is 2.17 bits per heavy atom. The minimum atomic E-state index is -1.15. The van der Waals surface area contributed by atoms with Crippen molar-refractivity contribution in [1.82, 2.24) is 5.32 Å². The quantitative estimate of drug-likeness (QED) is 0.549. The second-order valence-electron chi connectivity index (χ2n) is 2.68. The fourth-order valence-electron chi connectivity index (χ4n) is 0.922. The Labute approximate surface area is 73.1 Å². The SMILES string of the molecule is C[C@@]1(C(=O)O)NC(C(=O)O)CS1. The first-order chi connectivity index (χ1) is 5.46. The number of hydrogen-bond donors (Lipinski definition) is 3. The first-order valence-electron chi connectivity index (χ1n) is 3.33. The van der Waals surface area contributed by atoms with E-state index in [0.717, 1.165) is 11.8 Å². The molecule has 6 heteroatoms. The molecule has 0 spiro atoms. The van der Waals surface area contributed by atoms with Crippen LogP contribution in [0.1, 0.15) is 6.92 Å². The molecule has 1 aliphatic rings. The summed E-state index contributed by atoms with van der Waals surface area (Å²) < 4.78 is 0. The molecule has 1 rings (SSSR count). The molecule has 3 N–H and O–H groups in total. The first kappa shape index (κ1) is 9.34. The zero-order chi connectivity index (χ0) is 9.35. The van der Waals surface area contributed by atoms with Gasteiger partial charge < -0.3 is 10.2 Å². The van der Waals surface area contributed by atoms with Gasteiger partial charge in [0.05, 0.1) is 0 Å². The molecule has 0 aromatic rings. The van der Waals surface area contributed by atoms with Crippen molar-refractivity contribution in [3.63, 3.8) is 0 Å². The maximum atomic E-state index is 10.6. The molecule has 0 aromatic carbocycles. The summed E-state index contributed by atoms with van der Waals surface area (Å²) in [6.45, 7) is 1.46. The van der Waals surface area contributed by atoms with Crippen LogP contribution in [0, 0.1) is 0 Å². The van der Waals surface area contributed by atoms with Crippen molar-refractivity contribution in [2.24, 2.45) is 0 Å². The van der Waals surface area contributed by atoms with Gasteiger partial charge in [0, 0.05) is 5.75 Å². The van der Waals surface area contributed by atoms with Gasteiger partial charge in [0.25, 0.3) is 0 Å². The summed E-state index contributed by atoms with van der Waals surface area (Å²) in [7, 11) is 0. The average molecular weight is 191 g/mol. The van der Waals surface area contributed by atoms with E-state index in [1.54, 1.807) is 0 Å². The molecule has 0 aliphatic carbocycles. The molecule has 1 aliphatic heterocycles. The third-order valence-corrected chi connectivity index (χ3v) is 3.06. The molecule has 1 heterocycles. The molecule has 0 amide bonds. The van der Waals surface area contributed by atoms with E-state index in [9.17, 15) is 9.59 Å². The van der Waals surface area contributed by atoms with Crippen molar-refractivity contribution in [3.8, 4) is 0 Å². The second-order valence-corrected chi connectivity index (χ2v) is 4.12. The largest absolute Gasteiger partial charge is 0.480 e. The number of hydrogen-bond acceptors (Lipinski definition) is 4. The highest BCUT2D eigenvalue weighted by molar-refractivity contribution is 8.01. The van der Waals surface area contributed by atoms with Crippen LogP contribution in [0.5, 0.6) is 0 Å². The smallest absolute Gasteiger partial charge is 0.334 e. The van der Waals surface area contributed by atoms with Crippen molar-refractivity contribution in [2.75, 3.05) is 5.75 Å². The first-order valence-corrected chi connectivity index (χ1v) is 4.32. The molecule has 68 valence electrons. The van der Waals surface area contributed by atoms with Gasteiger partial charge >= 0.3 is 11.9 Å². The van der Waals surface area contributed by atoms with E-state index in [2.05, 4.69) is 5.32 Å². The Morgan fingerprint density at radius 1 is 1.58 bits per heavy atom. The lowest BCUT2D eigenvalue weighted by atomic mass is 10.2. The minimum Gasteiger partial charge on any atom is -0.480 e. The van der Waals surface area contributed by atoms with E-state index >= 15 is 0 Å². The van der Waals surface area contributed by atoms with Crippen LogP contribution in [0.4, 0.5) is 0 Å². The van der Waals surface area contributed by atoms with Crippen molar-refractivity contribution in [1.29, 1.82) is 0 Å². The van der Waals surface area contributed by atoms with Crippen LogP contribution in [-0.4, -0.2) is 38.8 Å². The topological polar surface area (TPSA) is 86.6 Å². The zero-order valence-corrected chi connectivity index (χ0v) is 7.22. The lowest BCUT2D eigenvalue weighted by Gasteiger charge is -2.17. The summed E-state index contributed by atoms with van der Waals surface area (Å²) in [6, 6.07) is -0.754. The van der Waals surface area contributed by atoms with E-state index in [-0.39, 0.29) is 5.75 Å². The molecule has 0 saturated carbocycles. The van der Waals surface area contributed by atoms with Crippen LogP contribution in [-0.2, 0) is 9.59 Å². The Morgan fingerprint density at radius 3 is 2.42 bits per heavy atom. The normalized spacial score (nSPS) is 34.9. The predicted octanol–water partition coefficient (Wildman–Crippen LogP) is -0.423. The van der Waals surface area contributed by atoms with Gasteiger partial charge in [-0.1, -0.05) is 0 Å². The molecule has 1 unspecified atom stereocenters. The van der Waals surface area contributed by atoms with Gasteiger partial charge in [0.1, 0.15) is 6.04 Å². The fourth-order valence-corrected chi connectivity index (χ4v) is 2.00. The number of thioether (sulfide) groups is 1. The summed E-state index contributed by atoms with van der Waals surface area (Å²) >= 11 is 1.10. The van der Waals surface area contributed by atoms with Gasteiger partial charge in [-0.25, -0.2) is 4.79 Å². The number of carbonyl (C=O) groups is 2. The molecule has 12 heavy (non-hydrogen) atoms. The molecular formula is C6H9NO4S. The number of rotatable bonds is 2. The zero-order valence-electron chi connectivity index (χ0n) is 6.40. The van der Waals surface area contributed by atoms with Gasteiger partial charge in [-0.15, -0.1) is 11.8 Å². The highest BCUT2D eigenvalue weighted by Gasteiger charge is 2.44. The highest BCUT2D eigenvalue weighted by Crippen LogP contribution is 2.30. The molecule has 0 bridgehead atoms. The summed E-state index contributed by atoms with van der Waals surface area (Å²) in [6.07, 6.45) is 0. The van der Waals surface area contributed by atoms with Crippen LogP contribution >= 0.6 is 11.8 Å². The molecule has 5 nitrogen and oxygen atoms in total. The summed E-state index contributed by atoms with van der Waals surface area (Å²) in [4.78, 5) is 19.9. The summed E-state index contributed by atoms with van der Waals surface area (Å²) in [5, 5.41) is 19.8. The maximum Gasteiger partial charge on any atom is 0.334 e. The number of carboxylic acid groups (broad SMARTS) is 2. The Balaban J connectivity index is 2.67. The highest BCUT2D eigenvalue weighted by atomic mass is 32.2. The van der Waals surface area contributed by atoms with E-state index in [1.807, 2.05) is 0 Å². The second kappa shape index (κ2) is 2.95. The third kappa shape index (κ3) is 1.54. The van der Waals surface area contributed by atoms with Gasteiger partial charge in [-0.05, 0) is 6.92 Å². The standard InChI is InChI=1S/C6H9NO4S/c1-6(5(10)11)7-3(2-12-6)4(8)9/h3,7H,2H2,1H3,(H,8,9)(H,10,11)/t3?,6-/m1/s1. The third-order valence-electron chi connectivity index (χ3n) is 1.69. The predicted molar refractivity (Wildman–Crippen MR) is 43.1 cm³/mol. The van der Waals surface area contributed by atoms with Crippen LogP contribution in [0.2, 0.25) is 0 Å². The van der Waals surface area contributed by atoms with Gasteiger partial charge in [-0.2, -0.15) is 0 Å².